The number of nitrogens with two attached hydrogens (primary N) is 1. The molecule has 0 unspecified atom stereocenters. The van der Waals surface area contributed by atoms with Crippen LogP contribution in [0.15, 0.2) is 45.3 Å². The Morgan fingerprint density at radius 3 is 2.55 bits per heavy atom. The maximum absolute atomic E-state index is 11.2. The van der Waals surface area contributed by atoms with Gasteiger partial charge in [-0.05, 0) is 67.8 Å². The fourth-order valence-corrected chi connectivity index (χ4v) is 2.52. The molecular formula is C14H11Br2ClN2O. The third-order valence-electron chi connectivity index (χ3n) is 2.72. The van der Waals surface area contributed by atoms with E-state index in [1.807, 2.05) is 18.2 Å². The Bertz CT molecular complexity index is 662. The summed E-state index contributed by atoms with van der Waals surface area (Å²) >= 11 is 13.0. The number of carbonyl (C=O) groups is 1. The fourth-order valence-electron chi connectivity index (χ4n) is 1.66. The standard InChI is InChI=1S/C14H11Br2ClN2O/c15-10-3-1-8(5-11(10)16)7-19-13-6-9(14(18)20)2-4-12(13)17/h1-6,19H,7H2,(H2,18,20). The highest BCUT2D eigenvalue weighted by Crippen LogP contribution is 2.26. The highest BCUT2D eigenvalue weighted by Gasteiger charge is 2.06. The zero-order valence-corrected chi connectivity index (χ0v) is 14.2. The number of hydrogen-bond donors (Lipinski definition) is 2. The van der Waals surface area contributed by atoms with Gasteiger partial charge < -0.3 is 11.1 Å². The minimum Gasteiger partial charge on any atom is -0.380 e. The first-order valence-corrected chi connectivity index (χ1v) is 7.71. The molecule has 20 heavy (non-hydrogen) atoms. The molecule has 0 bridgehead atoms. The average Bonchev–Trinajstić information content (AvgIpc) is 2.41. The van der Waals surface area contributed by atoms with E-state index < -0.39 is 5.91 Å². The minimum atomic E-state index is -0.476. The number of rotatable bonds is 4. The zero-order chi connectivity index (χ0) is 14.7. The molecule has 0 fully saturated rings. The van der Waals surface area contributed by atoms with Crippen molar-refractivity contribution in [3.63, 3.8) is 0 Å². The van der Waals surface area contributed by atoms with E-state index in [9.17, 15) is 4.79 Å². The molecule has 0 heterocycles. The molecule has 0 atom stereocenters. The van der Waals surface area contributed by atoms with E-state index in [4.69, 9.17) is 17.3 Å². The predicted octanol–water partition coefficient (Wildman–Crippen LogP) is 4.58. The molecule has 2 aromatic carbocycles. The number of amides is 1. The Kier molecular flexibility index (Phi) is 5.07. The van der Waals surface area contributed by atoms with Crippen LogP contribution >= 0.6 is 43.5 Å². The molecule has 104 valence electrons. The summed E-state index contributed by atoms with van der Waals surface area (Å²) in [5.74, 6) is -0.476. The van der Waals surface area contributed by atoms with Crippen molar-refractivity contribution in [2.45, 2.75) is 6.54 Å². The first kappa shape index (κ1) is 15.4. The number of halogens is 3. The summed E-state index contributed by atoms with van der Waals surface area (Å²) in [6, 6.07) is 10.9. The van der Waals surface area contributed by atoms with E-state index in [0.29, 0.717) is 22.8 Å². The van der Waals surface area contributed by atoms with Crippen LogP contribution in [0.2, 0.25) is 5.02 Å². The SMILES string of the molecule is NC(=O)c1ccc(Cl)c(NCc2ccc(Br)c(Br)c2)c1. The van der Waals surface area contributed by atoms with E-state index in [0.717, 1.165) is 14.5 Å². The van der Waals surface area contributed by atoms with Crippen LogP contribution in [-0.2, 0) is 6.54 Å². The van der Waals surface area contributed by atoms with E-state index in [2.05, 4.69) is 37.2 Å². The second-order valence-corrected chi connectivity index (χ2v) is 6.28. The largest absolute Gasteiger partial charge is 0.380 e. The lowest BCUT2D eigenvalue weighted by molar-refractivity contribution is 0.100. The molecule has 0 radical (unpaired) electrons. The van der Waals surface area contributed by atoms with Crippen molar-refractivity contribution >= 4 is 55.1 Å². The quantitative estimate of drug-likeness (QED) is 0.764. The maximum Gasteiger partial charge on any atom is 0.248 e. The Morgan fingerprint density at radius 1 is 1.15 bits per heavy atom. The summed E-state index contributed by atoms with van der Waals surface area (Å²) in [6.45, 7) is 0.591. The van der Waals surface area contributed by atoms with Crippen LogP contribution in [0.1, 0.15) is 15.9 Å². The molecule has 0 aromatic heterocycles. The third kappa shape index (κ3) is 3.75. The number of primary amides is 1. The van der Waals surface area contributed by atoms with Gasteiger partial charge in [-0.2, -0.15) is 0 Å². The topological polar surface area (TPSA) is 55.1 Å². The van der Waals surface area contributed by atoms with Crippen molar-refractivity contribution in [2.75, 3.05) is 5.32 Å². The number of anilines is 1. The molecule has 3 nitrogen and oxygen atoms in total. The molecule has 0 aliphatic heterocycles. The molecule has 0 saturated carbocycles. The second kappa shape index (κ2) is 6.61. The number of nitrogens with one attached hydrogen (secondary N) is 1. The van der Waals surface area contributed by atoms with E-state index in [-0.39, 0.29) is 0 Å². The Labute approximate surface area is 138 Å². The zero-order valence-electron chi connectivity index (χ0n) is 10.3. The lowest BCUT2D eigenvalue weighted by Gasteiger charge is -2.10. The number of benzene rings is 2. The number of carbonyl (C=O) groups excluding carboxylic acids is 1. The van der Waals surface area contributed by atoms with Gasteiger partial charge >= 0.3 is 0 Å². The minimum absolute atomic E-state index is 0.425. The van der Waals surface area contributed by atoms with Gasteiger partial charge in [0.05, 0.1) is 10.7 Å². The van der Waals surface area contributed by atoms with Crippen LogP contribution in [0.4, 0.5) is 5.69 Å². The second-order valence-electron chi connectivity index (χ2n) is 4.16. The van der Waals surface area contributed by atoms with Crippen LogP contribution in [0.5, 0.6) is 0 Å². The van der Waals surface area contributed by atoms with Crippen LogP contribution in [0, 0.1) is 0 Å². The van der Waals surface area contributed by atoms with Crippen LogP contribution in [-0.4, -0.2) is 5.91 Å². The van der Waals surface area contributed by atoms with E-state index >= 15 is 0 Å². The molecular weight excluding hydrogens is 407 g/mol. The van der Waals surface area contributed by atoms with Crippen molar-refractivity contribution in [3.05, 3.63) is 61.5 Å². The lowest BCUT2D eigenvalue weighted by Crippen LogP contribution is -2.11. The molecule has 1 amide bonds. The van der Waals surface area contributed by atoms with Gasteiger partial charge in [0.2, 0.25) is 5.91 Å². The van der Waals surface area contributed by atoms with Gasteiger partial charge in [0.15, 0.2) is 0 Å². The molecule has 3 N–H and O–H groups in total. The van der Waals surface area contributed by atoms with Gasteiger partial charge in [-0.1, -0.05) is 17.7 Å². The maximum atomic E-state index is 11.2. The third-order valence-corrected chi connectivity index (χ3v) is 4.93. The Balaban J connectivity index is 2.15. The van der Waals surface area contributed by atoms with Gasteiger partial charge in [-0.3, -0.25) is 4.79 Å². The predicted molar refractivity (Wildman–Crippen MR) is 89.1 cm³/mol. The van der Waals surface area contributed by atoms with Gasteiger partial charge in [0.1, 0.15) is 0 Å². The molecule has 2 aromatic rings. The highest BCUT2D eigenvalue weighted by molar-refractivity contribution is 9.13. The van der Waals surface area contributed by atoms with Gasteiger partial charge in [0.25, 0.3) is 0 Å². The lowest BCUT2D eigenvalue weighted by atomic mass is 10.1. The molecule has 2 rings (SSSR count). The van der Waals surface area contributed by atoms with Crippen LogP contribution in [0.25, 0.3) is 0 Å². The van der Waals surface area contributed by atoms with Crippen molar-refractivity contribution in [3.8, 4) is 0 Å². The smallest absolute Gasteiger partial charge is 0.248 e. The molecule has 0 spiro atoms. The molecule has 6 heteroatoms. The summed E-state index contributed by atoms with van der Waals surface area (Å²) in [7, 11) is 0. The summed E-state index contributed by atoms with van der Waals surface area (Å²) in [5.41, 5.74) is 7.45. The fraction of sp³-hybridized carbons (Fsp3) is 0.0714. The summed E-state index contributed by atoms with van der Waals surface area (Å²) in [4.78, 5) is 11.2. The van der Waals surface area contributed by atoms with Crippen molar-refractivity contribution < 1.29 is 4.79 Å². The van der Waals surface area contributed by atoms with Crippen molar-refractivity contribution in [1.82, 2.24) is 0 Å². The molecule has 0 aliphatic rings. The van der Waals surface area contributed by atoms with Gasteiger partial charge in [0, 0.05) is 21.1 Å². The van der Waals surface area contributed by atoms with Crippen molar-refractivity contribution in [1.29, 1.82) is 0 Å². The molecule has 0 aliphatic carbocycles. The van der Waals surface area contributed by atoms with Crippen LogP contribution in [0.3, 0.4) is 0 Å². The van der Waals surface area contributed by atoms with Gasteiger partial charge in [-0.25, -0.2) is 0 Å². The van der Waals surface area contributed by atoms with E-state index in [1.54, 1.807) is 18.2 Å². The number of hydrogen-bond acceptors (Lipinski definition) is 2. The summed E-state index contributed by atoms with van der Waals surface area (Å²) in [6.07, 6.45) is 0. The first-order valence-electron chi connectivity index (χ1n) is 5.74. The Morgan fingerprint density at radius 2 is 1.90 bits per heavy atom. The first-order chi connectivity index (χ1) is 9.47. The van der Waals surface area contributed by atoms with Gasteiger partial charge in [-0.15, -0.1) is 0 Å². The molecule has 0 saturated heterocycles. The highest BCUT2D eigenvalue weighted by atomic mass is 79.9. The normalized spacial score (nSPS) is 10.3. The van der Waals surface area contributed by atoms with Crippen molar-refractivity contribution in [2.24, 2.45) is 5.73 Å². The summed E-state index contributed by atoms with van der Waals surface area (Å²) < 4.78 is 1.98. The monoisotopic (exact) mass is 416 g/mol. The average molecular weight is 419 g/mol. The summed E-state index contributed by atoms with van der Waals surface area (Å²) in [5, 5.41) is 3.74. The Hall–Kier alpha value is -1.04. The van der Waals surface area contributed by atoms with E-state index in [1.165, 1.54) is 0 Å². The van der Waals surface area contributed by atoms with Crippen LogP contribution < -0.4 is 11.1 Å².